The van der Waals surface area contributed by atoms with Crippen molar-refractivity contribution in [2.75, 3.05) is 27.4 Å². The molecule has 5 rings (SSSR count). The molecule has 12 heteroatoms. The molecule has 3 aliphatic rings. The molecule has 3 aliphatic heterocycles. The van der Waals surface area contributed by atoms with Crippen LogP contribution in [0.1, 0.15) is 23.8 Å². The van der Waals surface area contributed by atoms with Gasteiger partial charge in [0.15, 0.2) is 28.9 Å². The van der Waals surface area contributed by atoms with Crippen LogP contribution in [0.25, 0.3) is 0 Å². The first-order valence-electron chi connectivity index (χ1n) is 11.6. The lowest BCUT2D eigenvalue weighted by atomic mass is 10.0. The first kappa shape index (κ1) is 25.9. The number of alkyl halides is 2. The number of carbonyl (C=O) groups is 1. The number of benzene rings is 1. The molecule has 2 N–H and O–H groups in total. The SMILES string of the molecule is COc1cccc([C@H]2OC(=ICn3cc(COCC(=O)O)[nH]3)C3=CCCN3C3=C2OC(Cl)C=C3)c1OC. The highest BCUT2D eigenvalue weighted by atomic mass is 127. The molecule has 0 amide bonds. The number of carboxylic acids is 1. The molecule has 37 heavy (non-hydrogen) atoms. The Morgan fingerprint density at radius 2 is 2.14 bits per heavy atom. The molecule has 2 aromatic rings. The largest absolute Gasteiger partial charge is 0.493 e. The molecule has 1 aromatic carbocycles. The van der Waals surface area contributed by atoms with E-state index in [9.17, 15) is 4.79 Å². The van der Waals surface area contributed by atoms with Gasteiger partial charge in [-0.1, -0.05) is 50.5 Å². The second-order valence-electron chi connectivity index (χ2n) is 8.34. The molecule has 0 fully saturated rings. The van der Waals surface area contributed by atoms with Crippen LogP contribution < -0.4 is 9.47 Å². The molecule has 0 aliphatic carbocycles. The van der Waals surface area contributed by atoms with Crippen molar-refractivity contribution in [1.82, 2.24) is 14.7 Å². The van der Waals surface area contributed by atoms with Crippen molar-refractivity contribution in [3.05, 3.63) is 71.0 Å². The highest BCUT2D eigenvalue weighted by Crippen LogP contribution is 2.46. The van der Waals surface area contributed by atoms with Gasteiger partial charge in [0.2, 0.25) is 0 Å². The van der Waals surface area contributed by atoms with Crippen LogP contribution in [0, 0.1) is 0 Å². The molecule has 1 aromatic heterocycles. The Labute approximate surface area is 228 Å². The fourth-order valence-electron chi connectivity index (χ4n) is 4.40. The number of aromatic amines is 1. The number of hydrogen-bond donors (Lipinski definition) is 2. The number of fused-ring (bicyclic) bond motifs is 2. The fourth-order valence-corrected chi connectivity index (χ4v) is 6.95. The Morgan fingerprint density at radius 3 is 2.89 bits per heavy atom. The summed E-state index contributed by atoms with van der Waals surface area (Å²) in [4.78, 5) is 12.9. The topological polar surface area (TPSA) is 107 Å². The van der Waals surface area contributed by atoms with Gasteiger partial charge in [-0.2, -0.15) is 0 Å². The summed E-state index contributed by atoms with van der Waals surface area (Å²) in [6.45, 7) is 0.721. The quantitative estimate of drug-likeness (QED) is 0.309. The maximum atomic E-state index is 10.6. The summed E-state index contributed by atoms with van der Waals surface area (Å²) >= 11 is 5.78. The number of allylic oxidation sites excluding steroid dienone is 1. The van der Waals surface area contributed by atoms with Crippen LogP contribution in [0.3, 0.4) is 0 Å². The zero-order valence-corrected chi connectivity index (χ0v) is 23.2. The number of H-pyrrole nitrogens is 1. The van der Waals surface area contributed by atoms with Gasteiger partial charge in [-0.15, -0.1) is 0 Å². The lowest BCUT2D eigenvalue weighted by Gasteiger charge is -2.28. The highest BCUT2D eigenvalue weighted by Gasteiger charge is 2.39. The summed E-state index contributed by atoms with van der Waals surface area (Å²) in [5.41, 5.74) is 3.00. The zero-order chi connectivity index (χ0) is 25.9. The van der Waals surface area contributed by atoms with Crippen molar-refractivity contribution < 1.29 is 33.6 Å². The van der Waals surface area contributed by atoms with Gasteiger partial charge in [-0.3, -0.25) is 9.78 Å². The van der Waals surface area contributed by atoms with Gasteiger partial charge in [0, 0.05) is 18.3 Å². The van der Waals surface area contributed by atoms with Gasteiger partial charge >= 0.3 is 5.97 Å². The molecule has 2 atom stereocenters. The van der Waals surface area contributed by atoms with Gasteiger partial charge in [0.1, 0.15) is 10.3 Å². The summed E-state index contributed by atoms with van der Waals surface area (Å²) in [5, 5.41) is 11.9. The van der Waals surface area contributed by atoms with Gasteiger partial charge < -0.3 is 33.7 Å². The maximum Gasteiger partial charge on any atom is 0.329 e. The Kier molecular flexibility index (Phi) is 7.93. The summed E-state index contributed by atoms with van der Waals surface area (Å²) in [6.07, 6.45) is 8.29. The third kappa shape index (κ3) is 5.44. The van der Waals surface area contributed by atoms with Crippen molar-refractivity contribution >= 4 is 42.0 Å². The van der Waals surface area contributed by atoms with E-state index in [1.165, 1.54) is 0 Å². The minimum Gasteiger partial charge on any atom is -0.493 e. The number of halogens is 2. The van der Waals surface area contributed by atoms with Crippen molar-refractivity contribution in [2.45, 2.75) is 29.2 Å². The van der Waals surface area contributed by atoms with E-state index < -0.39 is 38.4 Å². The van der Waals surface area contributed by atoms with Crippen LogP contribution in [0.2, 0.25) is 0 Å². The number of nitrogens with zero attached hydrogens (tertiary/aromatic N) is 2. The Hall–Kier alpha value is -2.74. The average Bonchev–Trinajstić information content (AvgIpc) is 3.31. The molecule has 0 bridgehead atoms. The highest BCUT2D eigenvalue weighted by molar-refractivity contribution is 14.2. The normalized spacial score (nSPS) is 22.1. The van der Waals surface area contributed by atoms with E-state index in [-0.39, 0.29) is 13.2 Å². The number of aromatic nitrogens is 2. The Morgan fingerprint density at radius 1 is 1.30 bits per heavy atom. The molecule has 198 valence electrons. The number of ether oxygens (including phenoxy) is 5. The number of nitrogens with one attached hydrogen (secondary N) is 1. The second-order valence-corrected chi connectivity index (χ2v) is 11.2. The van der Waals surface area contributed by atoms with Gasteiger partial charge in [0.25, 0.3) is 0 Å². The van der Waals surface area contributed by atoms with Gasteiger partial charge in [-0.05, 0) is 24.6 Å². The molecular formula is C25H27ClIN3O7. The summed E-state index contributed by atoms with van der Waals surface area (Å²) in [6, 6.07) is 5.70. The van der Waals surface area contributed by atoms with E-state index in [4.69, 9.17) is 40.4 Å². The number of rotatable bonds is 9. The Balaban J connectivity index is 1.47. The van der Waals surface area contributed by atoms with E-state index >= 15 is 0 Å². The molecule has 0 spiro atoms. The minimum atomic E-state index is -0.989. The van der Waals surface area contributed by atoms with Crippen LogP contribution in [-0.2, 0) is 30.2 Å². The molecule has 10 nitrogen and oxygen atoms in total. The summed E-state index contributed by atoms with van der Waals surface area (Å²) in [7, 11) is 3.21. The second kappa shape index (κ2) is 11.3. The third-order valence-electron chi connectivity index (χ3n) is 5.94. The number of aliphatic carboxylic acids is 1. The molecule has 0 saturated carbocycles. The first-order chi connectivity index (χ1) is 18.0. The summed E-state index contributed by atoms with van der Waals surface area (Å²) in [5.74, 6) is 0.836. The zero-order valence-electron chi connectivity index (χ0n) is 20.3. The standard InChI is InChI=1S/C25H27ClIN3O7/c1-33-19-7-3-5-16(22(19)34-2)23-24-17(8-9-20(26)36-24)30-10-4-6-18(30)25(37-23)27-14-29-11-15(28-29)12-35-13-21(31)32/h3,5-9,11,20,23,28H,4,10,12-14H2,1-2H3,(H,31,32)/t20?,23-/m1/s1. The van der Waals surface area contributed by atoms with E-state index in [1.807, 2.05) is 41.2 Å². The van der Waals surface area contributed by atoms with Crippen LogP contribution in [-0.4, -0.2) is 62.4 Å². The summed E-state index contributed by atoms with van der Waals surface area (Å²) < 4.78 is 33.0. The lowest BCUT2D eigenvalue weighted by molar-refractivity contribution is -0.142. The molecule has 0 saturated heterocycles. The molecule has 4 heterocycles. The van der Waals surface area contributed by atoms with Crippen LogP contribution in [0.15, 0.2) is 59.8 Å². The number of methoxy groups -OCH3 is 2. The van der Waals surface area contributed by atoms with Crippen LogP contribution >= 0.6 is 32.3 Å². The number of carboxylic acid groups (broad SMARTS) is 1. The van der Waals surface area contributed by atoms with Crippen molar-refractivity contribution in [3.63, 3.8) is 0 Å². The average molecular weight is 644 g/mol. The predicted molar refractivity (Wildman–Crippen MR) is 145 cm³/mol. The van der Waals surface area contributed by atoms with E-state index in [2.05, 4.69) is 16.1 Å². The molecular weight excluding hydrogens is 617 g/mol. The monoisotopic (exact) mass is 643 g/mol. The number of para-hydroxylation sites is 1. The van der Waals surface area contributed by atoms with Crippen molar-refractivity contribution in [2.24, 2.45) is 0 Å². The van der Waals surface area contributed by atoms with Gasteiger partial charge in [0.05, 0.1) is 42.5 Å². The van der Waals surface area contributed by atoms with E-state index in [0.717, 1.165) is 43.9 Å². The van der Waals surface area contributed by atoms with E-state index in [0.29, 0.717) is 17.3 Å². The van der Waals surface area contributed by atoms with E-state index in [1.54, 1.807) is 14.2 Å². The van der Waals surface area contributed by atoms with Crippen molar-refractivity contribution in [1.29, 1.82) is 0 Å². The third-order valence-corrected chi connectivity index (χ3v) is 8.75. The first-order valence-corrected chi connectivity index (χ1v) is 14.6. The Bertz CT molecular complexity index is 1280. The smallest absolute Gasteiger partial charge is 0.329 e. The van der Waals surface area contributed by atoms with Crippen LogP contribution in [0.5, 0.6) is 11.5 Å². The van der Waals surface area contributed by atoms with Crippen LogP contribution in [0.4, 0.5) is 0 Å². The van der Waals surface area contributed by atoms with Gasteiger partial charge in [-0.25, -0.2) is 4.79 Å². The minimum absolute atomic E-state index is 0.227. The lowest BCUT2D eigenvalue weighted by Crippen LogP contribution is -2.24. The predicted octanol–water partition coefficient (Wildman–Crippen LogP) is 4.22. The fraction of sp³-hybridized carbons (Fsp3) is 0.360. The number of hydrogen-bond acceptors (Lipinski definition) is 7. The molecule has 0 radical (unpaired) electrons. The van der Waals surface area contributed by atoms with Crippen molar-refractivity contribution in [3.8, 4) is 11.5 Å². The molecule has 1 unspecified atom stereocenters. The maximum absolute atomic E-state index is 10.6.